The van der Waals surface area contributed by atoms with Crippen LogP contribution in [0.4, 0.5) is 0 Å². The van der Waals surface area contributed by atoms with Crippen molar-refractivity contribution in [1.29, 1.82) is 0 Å². The third-order valence-electron chi connectivity index (χ3n) is 1.10. The summed E-state index contributed by atoms with van der Waals surface area (Å²) in [4.78, 5) is 10.7. The van der Waals surface area contributed by atoms with Gasteiger partial charge in [0.1, 0.15) is 6.04 Å². The van der Waals surface area contributed by atoms with Crippen LogP contribution < -0.4 is 5.73 Å². The Bertz CT molecular complexity index is 116. The van der Waals surface area contributed by atoms with Gasteiger partial charge in [-0.2, -0.15) is 12.6 Å². The minimum Gasteiger partial charge on any atom is -0.468 e. The molecule has 3 nitrogen and oxygen atoms in total. The predicted molar refractivity (Wildman–Crippen MR) is 43.1 cm³/mol. The molecular formula is C6H13NO2S. The van der Waals surface area contributed by atoms with Crippen LogP contribution in [0.1, 0.15) is 13.3 Å². The molecule has 2 unspecified atom stereocenters. The van der Waals surface area contributed by atoms with Crippen LogP contribution in [-0.4, -0.2) is 24.4 Å². The lowest BCUT2D eigenvalue weighted by atomic mass is 10.2. The molecule has 0 aliphatic rings. The average molecular weight is 163 g/mol. The molecule has 0 spiro atoms. The van der Waals surface area contributed by atoms with Crippen LogP contribution in [0.15, 0.2) is 0 Å². The third-order valence-corrected chi connectivity index (χ3v) is 1.31. The Labute approximate surface area is 66.3 Å². The lowest BCUT2D eigenvalue weighted by Gasteiger charge is -2.09. The maximum absolute atomic E-state index is 10.7. The van der Waals surface area contributed by atoms with Crippen molar-refractivity contribution < 1.29 is 9.53 Å². The zero-order valence-electron chi connectivity index (χ0n) is 6.20. The Morgan fingerprint density at radius 1 is 1.80 bits per heavy atom. The summed E-state index contributed by atoms with van der Waals surface area (Å²) in [7, 11) is 1.32. The van der Waals surface area contributed by atoms with E-state index < -0.39 is 6.04 Å². The van der Waals surface area contributed by atoms with E-state index in [0.29, 0.717) is 6.42 Å². The van der Waals surface area contributed by atoms with Gasteiger partial charge in [0.15, 0.2) is 0 Å². The first-order valence-corrected chi connectivity index (χ1v) is 3.61. The molecular weight excluding hydrogens is 150 g/mol. The summed E-state index contributed by atoms with van der Waals surface area (Å²) in [5.41, 5.74) is 5.41. The van der Waals surface area contributed by atoms with E-state index in [4.69, 9.17) is 5.73 Å². The van der Waals surface area contributed by atoms with E-state index in [-0.39, 0.29) is 11.2 Å². The van der Waals surface area contributed by atoms with Crippen molar-refractivity contribution in [3.05, 3.63) is 0 Å². The molecule has 0 saturated heterocycles. The van der Waals surface area contributed by atoms with Gasteiger partial charge < -0.3 is 10.5 Å². The van der Waals surface area contributed by atoms with E-state index in [1.165, 1.54) is 7.11 Å². The van der Waals surface area contributed by atoms with Gasteiger partial charge in [-0.1, -0.05) is 6.92 Å². The standard InChI is InChI=1S/C6H13NO2S/c1-4(10)3-5(7)6(8)9-2/h4-5,10H,3,7H2,1-2H3. The molecule has 0 rings (SSSR count). The number of carbonyl (C=O) groups excluding carboxylic acids is 1. The largest absolute Gasteiger partial charge is 0.468 e. The van der Waals surface area contributed by atoms with Crippen molar-refractivity contribution in [1.82, 2.24) is 0 Å². The maximum atomic E-state index is 10.7. The van der Waals surface area contributed by atoms with E-state index in [0.717, 1.165) is 0 Å². The smallest absolute Gasteiger partial charge is 0.322 e. The van der Waals surface area contributed by atoms with Gasteiger partial charge in [-0.05, 0) is 6.42 Å². The fourth-order valence-electron chi connectivity index (χ4n) is 0.615. The number of hydrogen-bond donors (Lipinski definition) is 2. The Kier molecular flexibility index (Phi) is 4.47. The number of nitrogens with two attached hydrogens (primary N) is 1. The number of methoxy groups -OCH3 is 1. The summed E-state index contributed by atoms with van der Waals surface area (Å²) in [6, 6.07) is -0.530. The number of ether oxygens (including phenoxy) is 1. The number of rotatable bonds is 3. The topological polar surface area (TPSA) is 52.3 Å². The maximum Gasteiger partial charge on any atom is 0.322 e. The highest BCUT2D eigenvalue weighted by Gasteiger charge is 2.14. The van der Waals surface area contributed by atoms with Crippen LogP contribution in [0.25, 0.3) is 0 Å². The van der Waals surface area contributed by atoms with Crippen LogP contribution in [0.5, 0.6) is 0 Å². The molecule has 0 amide bonds. The summed E-state index contributed by atoms with van der Waals surface area (Å²) < 4.78 is 4.41. The van der Waals surface area contributed by atoms with E-state index in [1.54, 1.807) is 0 Å². The summed E-state index contributed by atoms with van der Waals surface area (Å²) in [6.45, 7) is 1.88. The molecule has 0 aliphatic heterocycles. The van der Waals surface area contributed by atoms with Gasteiger partial charge in [0.25, 0.3) is 0 Å². The normalized spacial score (nSPS) is 16.0. The molecule has 2 atom stereocenters. The van der Waals surface area contributed by atoms with Crippen LogP contribution >= 0.6 is 12.6 Å². The Morgan fingerprint density at radius 2 is 2.30 bits per heavy atom. The summed E-state index contributed by atoms with van der Waals surface area (Å²) in [5.74, 6) is -0.374. The van der Waals surface area contributed by atoms with Crippen molar-refractivity contribution in [3.63, 3.8) is 0 Å². The molecule has 0 fully saturated rings. The van der Waals surface area contributed by atoms with Crippen molar-refractivity contribution in [3.8, 4) is 0 Å². The number of thiol groups is 1. The average Bonchev–Trinajstić information content (AvgIpc) is 1.85. The third kappa shape index (κ3) is 3.74. The minimum atomic E-state index is -0.530. The number of esters is 1. The van der Waals surface area contributed by atoms with Gasteiger partial charge in [-0.3, -0.25) is 4.79 Å². The Morgan fingerprint density at radius 3 is 2.60 bits per heavy atom. The van der Waals surface area contributed by atoms with Crippen molar-refractivity contribution >= 4 is 18.6 Å². The number of hydrogen-bond acceptors (Lipinski definition) is 4. The molecule has 10 heavy (non-hydrogen) atoms. The first-order chi connectivity index (χ1) is 4.57. The van der Waals surface area contributed by atoms with Gasteiger partial charge in [0.05, 0.1) is 7.11 Å². The van der Waals surface area contributed by atoms with Gasteiger partial charge in [0.2, 0.25) is 0 Å². The van der Waals surface area contributed by atoms with Crippen LogP contribution in [0.3, 0.4) is 0 Å². The first kappa shape index (κ1) is 9.78. The zero-order valence-corrected chi connectivity index (χ0v) is 7.10. The molecule has 0 heterocycles. The molecule has 0 aliphatic carbocycles. The molecule has 0 aromatic heterocycles. The first-order valence-electron chi connectivity index (χ1n) is 3.09. The minimum absolute atomic E-state index is 0.133. The molecule has 0 aromatic carbocycles. The zero-order chi connectivity index (χ0) is 8.15. The van der Waals surface area contributed by atoms with Crippen molar-refractivity contribution in [2.75, 3.05) is 7.11 Å². The monoisotopic (exact) mass is 163 g/mol. The SMILES string of the molecule is COC(=O)C(N)CC(C)S. The highest BCUT2D eigenvalue weighted by Crippen LogP contribution is 2.02. The summed E-state index contributed by atoms with van der Waals surface area (Å²) in [6.07, 6.45) is 0.551. The van der Waals surface area contributed by atoms with Gasteiger partial charge in [-0.25, -0.2) is 0 Å². The van der Waals surface area contributed by atoms with E-state index in [2.05, 4.69) is 17.4 Å². The second-order valence-corrected chi connectivity index (χ2v) is 3.10. The highest BCUT2D eigenvalue weighted by atomic mass is 32.1. The van der Waals surface area contributed by atoms with Gasteiger partial charge in [-0.15, -0.1) is 0 Å². The molecule has 0 aromatic rings. The second-order valence-electron chi connectivity index (χ2n) is 2.21. The molecule has 0 bridgehead atoms. The van der Waals surface area contributed by atoms with Crippen LogP contribution in [0, 0.1) is 0 Å². The molecule has 4 heteroatoms. The lowest BCUT2D eigenvalue weighted by Crippen LogP contribution is -2.33. The van der Waals surface area contributed by atoms with Crippen molar-refractivity contribution in [2.24, 2.45) is 5.73 Å². The fraction of sp³-hybridized carbons (Fsp3) is 0.833. The van der Waals surface area contributed by atoms with Crippen LogP contribution in [-0.2, 0) is 9.53 Å². The fourth-order valence-corrected chi connectivity index (χ4v) is 0.842. The van der Waals surface area contributed by atoms with E-state index in [1.807, 2.05) is 6.92 Å². The van der Waals surface area contributed by atoms with E-state index in [9.17, 15) is 4.79 Å². The van der Waals surface area contributed by atoms with Gasteiger partial charge >= 0.3 is 5.97 Å². The molecule has 0 saturated carbocycles. The second kappa shape index (κ2) is 4.57. The predicted octanol–water partition coefficient (Wildman–Crippen LogP) is 0.195. The lowest BCUT2D eigenvalue weighted by molar-refractivity contribution is -0.142. The van der Waals surface area contributed by atoms with E-state index >= 15 is 0 Å². The Hall–Kier alpha value is -0.220. The summed E-state index contributed by atoms with van der Waals surface area (Å²) in [5, 5.41) is 0.133. The highest BCUT2D eigenvalue weighted by molar-refractivity contribution is 7.80. The molecule has 2 N–H and O–H groups in total. The number of carbonyl (C=O) groups is 1. The molecule has 60 valence electrons. The molecule has 0 radical (unpaired) electrons. The Balaban J connectivity index is 3.61. The van der Waals surface area contributed by atoms with Crippen molar-refractivity contribution in [2.45, 2.75) is 24.6 Å². The van der Waals surface area contributed by atoms with Crippen LogP contribution in [0.2, 0.25) is 0 Å². The van der Waals surface area contributed by atoms with Gasteiger partial charge in [0, 0.05) is 5.25 Å². The summed E-state index contributed by atoms with van der Waals surface area (Å²) >= 11 is 4.08. The quantitative estimate of drug-likeness (QED) is 0.461.